The van der Waals surface area contributed by atoms with E-state index < -0.39 is 112 Å². The van der Waals surface area contributed by atoms with E-state index in [-0.39, 0.29) is 42.2 Å². The van der Waals surface area contributed by atoms with Gasteiger partial charge in [-0.15, -0.1) is 0 Å². The lowest BCUT2D eigenvalue weighted by molar-refractivity contribution is -0.344. The van der Waals surface area contributed by atoms with Crippen molar-refractivity contribution < 1.29 is 89.3 Å². The predicted octanol–water partition coefficient (Wildman–Crippen LogP) is -0.397. The molecule has 0 aromatic rings. The molecule has 3 saturated heterocycles. The number of hydrogen-bond donors (Lipinski definition) is 11. The van der Waals surface area contributed by atoms with Gasteiger partial charge in [0.05, 0.1) is 44.9 Å². The van der Waals surface area contributed by atoms with Gasteiger partial charge in [0, 0.05) is 12.3 Å². The molecule has 4 aliphatic heterocycles. The fourth-order valence-electron chi connectivity index (χ4n) is 12.8. The van der Waals surface area contributed by atoms with E-state index in [1.165, 1.54) is 5.57 Å². The summed E-state index contributed by atoms with van der Waals surface area (Å²) in [6.07, 6.45) is -11.1. The van der Waals surface area contributed by atoms with E-state index in [9.17, 15) is 56.2 Å². The smallest absolute Gasteiger partial charge is 0.187 e. The fourth-order valence-corrected chi connectivity index (χ4v) is 12.8. The highest BCUT2D eigenvalue weighted by atomic mass is 16.7. The Kier molecular flexibility index (Phi) is 16.5. The molecule has 0 bridgehead atoms. The second kappa shape index (κ2) is 20.8. The number of aliphatic hydroxyl groups excluding tert-OH is 11. The first-order chi connectivity index (χ1) is 30.4. The summed E-state index contributed by atoms with van der Waals surface area (Å²) in [5, 5.41) is 113. The van der Waals surface area contributed by atoms with Crippen molar-refractivity contribution in [3.05, 3.63) is 11.3 Å². The van der Waals surface area contributed by atoms with Crippen molar-refractivity contribution in [2.75, 3.05) is 33.0 Å². The van der Waals surface area contributed by atoms with Crippen molar-refractivity contribution in [2.24, 2.45) is 40.4 Å². The summed E-state index contributed by atoms with van der Waals surface area (Å²) >= 11 is 0. The standard InChI is InChI=1S/C46H78O18/c1-6-46(5)26(14-28-33(46)22(3)27(60-28)10-7-21(2)19-59-43-40(56)37(53)34(50)30(17-48)62-43)23-8-9-24-13-25(11-12-45(24,4)15-23)58-20-32-42(39(55)36(52)29(16-47)61-32)64-44-41(57)38(54)35(51)31(18-49)63-44/h21,23-26,28-44,47-57H,6-20H2,1-5H3. The van der Waals surface area contributed by atoms with Crippen molar-refractivity contribution >= 4 is 0 Å². The van der Waals surface area contributed by atoms with Crippen molar-refractivity contribution in [2.45, 2.75) is 203 Å². The van der Waals surface area contributed by atoms with Gasteiger partial charge in [0.15, 0.2) is 12.6 Å². The van der Waals surface area contributed by atoms with E-state index >= 15 is 0 Å². The molecule has 3 aliphatic carbocycles. The van der Waals surface area contributed by atoms with Gasteiger partial charge in [-0.25, -0.2) is 0 Å². The van der Waals surface area contributed by atoms with Crippen LogP contribution in [0, 0.1) is 40.4 Å². The second-order valence-corrected chi connectivity index (χ2v) is 20.9. The van der Waals surface area contributed by atoms with Crippen LogP contribution >= 0.6 is 0 Å². The Morgan fingerprint density at radius 3 is 1.95 bits per heavy atom. The first-order valence-corrected chi connectivity index (χ1v) is 23.9. The maximum Gasteiger partial charge on any atom is 0.187 e. The molecule has 370 valence electrons. The second-order valence-electron chi connectivity index (χ2n) is 20.9. The maximum atomic E-state index is 11.1. The third-order valence-electron chi connectivity index (χ3n) is 17.0. The normalized spacial score (nSPS) is 50.2. The quantitative estimate of drug-likeness (QED) is 0.0940. The van der Waals surface area contributed by atoms with Crippen LogP contribution in [-0.2, 0) is 33.2 Å². The molecular weight excluding hydrogens is 840 g/mol. The molecule has 0 aromatic heterocycles. The third kappa shape index (κ3) is 9.84. The summed E-state index contributed by atoms with van der Waals surface area (Å²) in [6, 6.07) is 0. The molecule has 4 heterocycles. The van der Waals surface area contributed by atoms with Gasteiger partial charge in [-0.2, -0.15) is 0 Å². The van der Waals surface area contributed by atoms with Crippen molar-refractivity contribution in [1.82, 2.24) is 0 Å². The maximum absolute atomic E-state index is 11.1. The molecule has 24 unspecified atom stereocenters. The van der Waals surface area contributed by atoms with Gasteiger partial charge < -0.3 is 89.3 Å². The van der Waals surface area contributed by atoms with E-state index in [2.05, 4.69) is 34.6 Å². The average molecular weight is 919 g/mol. The van der Waals surface area contributed by atoms with E-state index in [0.29, 0.717) is 23.7 Å². The Hall–Kier alpha value is -1.14. The minimum absolute atomic E-state index is 0.0392. The van der Waals surface area contributed by atoms with E-state index in [1.54, 1.807) is 0 Å². The summed E-state index contributed by atoms with van der Waals surface area (Å²) in [4.78, 5) is 0. The van der Waals surface area contributed by atoms with Crippen LogP contribution in [0.15, 0.2) is 11.3 Å². The number of hydrogen-bond acceptors (Lipinski definition) is 18. The molecule has 0 spiro atoms. The summed E-state index contributed by atoms with van der Waals surface area (Å²) in [5.74, 6) is 3.02. The largest absolute Gasteiger partial charge is 0.494 e. The minimum atomic E-state index is -1.72. The zero-order chi connectivity index (χ0) is 46.4. The summed E-state index contributed by atoms with van der Waals surface area (Å²) < 4.78 is 42.1. The first-order valence-electron chi connectivity index (χ1n) is 23.9. The molecule has 11 N–H and O–H groups in total. The Bertz CT molecular complexity index is 1550. The molecule has 0 aromatic carbocycles. The first kappa shape index (κ1) is 50.7. The molecule has 24 atom stereocenters. The molecule has 7 aliphatic rings. The molecule has 64 heavy (non-hydrogen) atoms. The Morgan fingerprint density at radius 2 is 1.31 bits per heavy atom. The molecule has 18 heteroatoms. The summed E-state index contributed by atoms with van der Waals surface area (Å²) in [5.41, 5.74) is 1.56. The van der Waals surface area contributed by atoms with Crippen molar-refractivity contribution in [3.63, 3.8) is 0 Å². The van der Waals surface area contributed by atoms with Crippen LogP contribution in [0.3, 0.4) is 0 Å². The van der Waals surface area contributed by atoms with Gasteiger partial charge in [0.1, 0.15) is 85.5 Å². The summed E-state index contributed by atoms with van der Waals surface area (Å²) in [6.45, 7) is 9.99. The van der Waals surface area contributed by atoms with Crippen LogP contribution in [0.1, 0.15) is 98.8 Å². The predicted molar refractivity (Wildman–Crippen MR) is 225 cm³/mol. The summed E-state index contributed by atoms with van der Waals surface area (Å²) in [7, 11) is 0. The number of ether oxygens (including phenoxy) is 7. The van der Waals surface area contributed by atoms with Crippen LogP contribution < -0.4 is 0 Å². The zero-order valence-electron chi connectivity index (χ0n) is 38.1. The van der Waals surface area contributed by atoms with Gasteiger partial charge >= 0.3 is 0 Å². The molecule has 18 nitrogen and oxygen atoms in total. The average Bonchev–Trinajstić information content (AvgIpc) is 3.77. The van der Waals surface area contributed by atoms with Crippen LogP contribution in [-0.4, -0.2) is 193 Å². The molecule has 3 saturated carbocycles. The van der Waals surface area contributed by atoms with Gasteiger partial charge in [-0.1, -0.05) is 27.7 Å². The molecule has 0 radical (unpaired) electrons. The Morgan fingerprint density at radius 1 is 0.703 bits per heavy atom. The lowest BCUT2D eigenvalue weighted by Gasteiger charge is -2.53. The SMILES string of the molecule is CCC1(C)C(C2CCC3CC(OCC4OC(CO)C(O)C(O)C4OC4OC(CO)C(O)C(O)C4O)CCC3(C)C2)CC2OC(CCC(C)COC3OC(CO)C(O)C(O)C3O)=C(C)C21. The highest BCUT2D eigenvalue weighted by Gasteiger charge is 2.60. The molecule has 6 fully saturated rings. The Balaban J connectivity index is 0.918. The van der Waals surface area contributed by atoms with Crippen LogP contribution in [0.2, 0.25) is 0 Å². The Labute approximate surface area is 376 Å². The third-order valence-corrected chi connectivity index (χ3v) is 17.0. The van der Waals surface area contributed by atoms with Crippen molar-refractivity contribution in [3.8, 4) is 0 Å². The topological polar surface area (TPSA) is 287 Å². The fraction of sp³-hybridized carbons (Fsp3) is 0.957. The molecule has 0 amide bonds. The number of rotatable bonds is 16. The van der Waals surface area contributed by atoms with Gasteiger partial charge in [0.2, 0.25) is 0 Å². The zero-order valence-corrected chi connectivity index (χ0v) is 38.1. The molecular formula is C46H78O18. The van der Waals surface area contributed by atoms with Crippen molar-refractivity contribution in [1.29, 1.82) is 0 Å². The minimum Gasteiger partial charge on any atom is -0.494 e. The van der Waals surface area contributed by atoms with Crippen LogP contribution in [0.5, 0.6) is 0 Å². The van der Waals surface area contributed by atoms with Gasteiger partial charge in [-0.05, 0) is 105 Å². The highest BCUT2D eigenvalue weighted by Crippen LogP contribution is 2.64. The molecule has 7 rings (SSSR count). The number of allylic oxidation sites excluding steroid dienone is 1. The van der Waals surface area contributed by atoms with E-state index in [4.69, 9.17) is 33.2 Å². The monoisotopic (exact) mass is 919 g/mol. The van der Waals surface area contributed by atoms with E-state index in [1.807, 2.05) is 0 Å². The number of fused-ring (bicyclic) bond motifs is 2. The van der Waals surface area contributed by atoms with Gasteiger partial charge in [0.25, 0.3) is 0 Å². The van der Waals surface area contributed by atoms with Crippen LogP contribution in [0.25, 0.3) is 0 Å². The van der Waals surface area contributed by atoms with Gasteiger partial charge in [-0.3, -0.25) is 0 Å². The lowest BCUT2D eigenvalue weighted by Crippen LogP contribution is -2.65. The highest BCUT2D eigenvalue weighted by molar-refractivity contribution is 5.25. The lowest BCUT2D eigenvalue weighted by atomic mass is 9.53. The van der Waals surface area contributed by atoms with Crippen LogP contribution in [0.4, 0.5) is 0 Å². The number of aliphatic hydroxyl groups is 11. The van der Waals surface area contributed by atoms with E-state index in [0.717, 1.165) is 70.0 Å².